The van der Waals surface area contributed by atoms with Crippen molar-refractivity contribution >= 4 is 28.8 Å². The molecule has 0 radical (unpaired) electrons. The van der Waals surface area contributed by atoms with Crippen molar-refractivity contribution in [1.29, 1.82) is 0 Å². The summed E-state index contributed by atoms with van der Waals surface area (Å²) in [5.74, 6) is 1.08. The Bertz CT molecular complexity index is 1120. The fraction of sp³-hybridized carbons (Fsp3) is 0.524. The van der Waals surface area contributed by atoms with Gasteiger partial charge in [-0.1, -0.05) is 0 Å². The predicted octanol–water partition coefficient (Wildman–Crippen LogP) is 2.00. The summed E-state index contributed by atoms with van der Waals surface area (Å²) in [5.41, 5.74) is 2.18. The topological polar surface area (TPSA) is 98.9 Å². The summed E-state index contributed by atoms with van der Waals surface area (Å²) in [5, 5.41) is 19.8. The molecule has 4 fully saturated rings. The molecular formula is C21H23F2N7O2S. The number of rotatable bonds is 4. The van der Waals surface area contributed by atoms with Crippen LogP contribution in [-0.2, 0) is 0 Å². The van der Waals surface area contributed by atoms with Crippen LogP contribution in [0.5, 0.6) is 0 Å². The van der Waals surface area contributed by atoms with Crippen LogP contribution < -0.4 is 5.32 Å². The average Bonchev–Trinajstić information content (AvgIpc) is 3.58. The van der Waals surface area contributed by atoms with Crippen molar-refractivity contribution < 1.29 is 18.7 Å². The Hall–Kier alpha value is -2.86. The molecule has 7 rings (SSSR count). The van der Waals surface area contributed by atoms with Crippen molar-refractivity contribution in [3.8, 4) is 0 Å². The largest absolute Gasteiger partial charge is 0.392 e. The monoisotopic (exact) mass is 475 g/mol. The van der Waals surface area contributed by atoms with E-state index in [-0.39, 0.29) is 30.0 Å². The third kappa shape index (κ3) is 3.52. The number of aliphatic hydroxyl groups is 1. The molecular weight excluding hydrogens is 452 g/mol. The number of fused-ring (bicyclic) bond motifs is 3. The van der Waals surface area contributed by atoms with Gasteiger partial charge in [-0.25, -0.2) is 14.5 Å². The van der Waals surface area contributed by atoms with Gasteiger partial charge in [0, 0.05) is 66.9 Å². The van der Waals surface area contributed by atoms with Gasteiger partial charge in [-0.05, 0) is 12.5 Å². The summed E-state index contributed by atoms with van der Waals surface area (Å²) < 4.78 is 26.8. The number of halogens is 2. The highest BCUT2D eigenvalue weighted by atomic mass is 32.1. The first-order chi connectivity index (χ1) is 16.0. The molecule has 1 saturated carbocycles. The minimum Gasteiger partial charge on any atom is -0.392 e. The molecule has 4 atom stereocenters. The van der Waals surface area contributed by atoms with Crippen LogP contribution in [0, 0.1) is 11.8 Å². The predicted molar refractivity (Wildman–Crippen MR) is 117 cm³/mol. The molecule has 12 heteroatoms. The second-order valence-corrected chi connectivity index (χ2v) is 9.87. The van der Waals surface area contributed by atoms with Gasteiger partial charge in [0.1, 0.15) is 0 Å². The first kappa shape index (κ1) is 20.7. The SMILES string of the molecule is O=C(N[C@H]1CC2=C(c3ccn(C(F)F)n3)CN=C(c3nccs3)N2C1)N1C[C@H]2C[C@@H](C1)C2O. The van der Waals surface area contributed by atoms with Gasteiger partial charge in [0.15, 0.2) is 10.8 Å². The highest BCUT2D eigenvalue weighted by Crippen LogP contribution is 2.40. The van der Waals surface area contributed by atoms with Crippen LogP contribution in [0.1, 0.15) is 30.1 Å². The number of carbonyl (C=O) groups is 1. The molecule has 2 bridgehead atoms. The number of urea groups is 1. The molecule has 4 aliphatic heterocycles. The van der Waals surface area contributed by atoms with E-state index < -0.39 is 6.55 Å². The van der Waals surface area contributed by atoms with E-state index in [2.05, 4.69) is 15.4 Å². The number of aromatic nitrogens is 3. The van der Waals surface area contributed by atoms with E-state index in [0.717, 1.165) is 28.5 Å². The van der Waals surface area contributed by atoms with Crippen LogP contribution >= 0.6 is 11.3 Å². The molecule has 2 N–H and O–H groups in total. The van der Waals surface area contributed by atoms with Crippen molar-refractivity contribution in [3.05, 3.63) is 40.2 Å². The standard InChI is InChI=1S/C21H23F2N7O2S/c22-20(23)30-3-1-15(27-30)14-7-25-18(19-24-2-4-33-19)29-10-13(6-16(14)29)26-21(32)28-8-11-5-12(9-28)17(11)31/h1-4,11-13,17,20,31H,5-10H2,(H,26,32)/t11-,12+,13-,17?/m0/s1. The van der Waals surface area contributed by atoms with Crippen LogP contribution in [0.25, 0.3) is 5.57 Å². The fourth-order valence-electron chi connectivity index (χ4n) is 5.31. The number of aliphatic imine (C=N–C) groups is 1. The van der Waals surface area contributed by atoms with Gasteiger partial charge in [-0.15, -0.1) is 11.3 Å². The molecule has 1 unspecified atom stereocenters. The lowest BCUT2D eigenvalue weighted by Gasteiger charge is -2.51. The van der Waals surface area contributed by atoms with E-state index in [1.54, 1.807) is 17.2 Å². The van der Waals surface area contributed by atoms with Gasteiger partial charge in [0.25, 0.3) is 0 Å². The Morgan fingerprint density at radius 3 is 2.76 bits per heavy atom. The number of amides is 2. The summed E-state index contributed by atoms with van der Waals surface area (Å²) in [7, 11) is 0. The molecule has 1 aliphatic carbocycles. The Morgan fingerprint density at radius 2 is 2.09 bits per heavy atom. The van der Waals surface area contributed by atoms with Gasteiger partial charge < -0.3 is 20.2 Å². The minimum atomic E-state index is -2.71. The van der Waals surface area contributed by atoms with E-state index >= 15 is 0 Å². The number of hydrogen-bond donors (Lipinski definition) is 2. The molecule has 5 aliphatic rings. The van der Waals surface area contributed by atoms with Crippen molar-refractivity contribution in [3.63, 3.8) is 0 Å². The zero-order valence-electron chi connectivity index (χ0n) is 17.6. The highest BCUT2D eigenvalue weighted by Gasteiger charge is 2.47. The third-order valence-corrected chi connectivity index (χ3v) is 7.77. The molecule has 2 aromatic heterocycles. The van der Waals surface area contributed by atoms with Crippen molar-refractivity contribution in [2.45, 2.75) is 31.5 Å². The van der Waals surface area contributed by atoms with E-state index in [1.807, 2.05) is 10.3 Å². The highest BCUT2D eigenvalue weighted by molar-refractivity contribution is 7.11. The zero-order chi connectivity index (χ0) is 22.7. The zero-order valence-corrected chi connectivity index (χ0v) is 18.5. The van der Waals surface area contributed by atoms with E-state index in [9.17, 15) is 18.7 Å². The second kappa shape index (κ2) is 7.87. The molecule has 9 nitrogen and oxygen atoms in total. The summed E-state index contributed by atoms with van der Waals surface area (Å²) in [6.07, 6.45) is 4.24. The van der Waals surface area contributed by atoms with Crippen LogP contribution in [0.3, 0.4) is 0 Å². The van der Waals surface area contributed by atoms with Crippen LogP contribution in [0.15, 0.2) is 34.5 Å². The van der Waals surface area contributed by atoms with E-state index in [0.29, 0.717) is 43.0 Å². The fourth-order valence-corrected chi connectivity index (χ4v) is 5.97. The normalized spacial score (nSPS) is 28.7. The number of piperidine rings is 2. The lowest BCUT2D eigenvalue weighted by atomic mass is 9.68. The molecule has 2 amide bonds. The molecule has 3 saturated heterocycles. The maximum absolute atomic E-state index is 13.1. The Labute approximate surface area is 192 Å². The van der Waals surface area contributed by atoms with Gasteiger partial charge in [-0.2, -0.15) is 13.9 Å². The van der Waals surface area contributed by atoms with Crippen LogP contribution in [-0.4, -0.2) is 79.9 Å². The Kier molecular flexibility index (Phi) is 4.94. The first-order valence-corrected chi connectivity index (χ1v) is 11.9. The molecule has 174 valence electrons. The Morgan fingerprint density at radius 1 is 1.27 bits per heavy atom. The molecule has 0 aromatic carbocycles. The van der Waals surface area contributed by atoms with Crippen LogP contribution in [0.2, 0.25) is 0 Å². The van der Waals surface area contributed by atoms with Gasteiger partial charge in [-0.3, -0.25) is 4.99 Å². The summed E-state index contributed by atoms with van der Waals surface area (Å²) in [4.78, 5) is 25.8. The van der Waals surface area contributed by atoms with Crippen molar-refractivity contribution in [2.75, 3.05) is 26.2 Å². The number of nitrogens with one attached hydrogen (secondary N) is 1. The number of aliphatic hydroxyl groups excluding tert-OH is 1. The molecule has 2 aromatic rings. The van der Waals surface area contributed by atoms with Crippen LogP contribution in [0.4, 0.5) is 13.6 Å². The number of amidine groups is 1. The number of hydrogen-bond acceptors (Lipinski definition) is 7. The number of alkyl halides is 2. The quantitative estimate of drug-likeness (QED) is 0.705. The second-order valence-electron chi connectivity index (χ2n) is 8.97. The number of nitrogens with zero attached hydrogens (tertiary/aromatic N) is 6. The summed E-state index contributed by atoms with van der Waals surface area (Å²) in [6, 6.07) is 1.29. The van der Waals surface area contributed by atoms with E-state index in [1.165, 1.54) is 17.5 Å². The number of thiazole rings is 1. The Balaban J connectivity index is 1.24. The first-order valence-electron chi connectivity index (χ1n) is 11.0. The average molecular weight is 476 g/mol. The molecule has 33 heavy (non-hydrogen) atoms. The molecule has 6 heterocycles. The smallest absolute Gasteiger partial charge is 0.333 e. The van der Waals surface area contributed by atoms with Gasteiger partial charge in [0.2, 0.25) is 0 Å². The maximum Gasteiger partial charge on any atom is 0.333 e. The summed E-state index contributed by atoms with van der Waals surface area (Å²) >= 11 is 1.48. The molecule has 0 spiro atoms. The number of carbonyl (C=O) groups excluding carboxylic acids is 1. The van der Waals surface area contributed by atoms with Crippen molar-refractivity contribution in [1.82, 2.24) is 29.9 Å². The maximum atomic E-state index is 13.1. The van der Waals surface area contributed by atoms with Gasteiger partial charge >= 0.3 is 12.6 Å². The lowest BCUT2D eigenvalue weighted by molar-refractivity contribution is -0.0949. The lowest BCUT2D eigenvalue weighted by Crippen LogP contribution is -2.61. The third-order valence-electron chi connectivity index (χ3n) is 7.00. The van der Waals surface area contributed by atoms with E-state index in [4.69, 9.17) is 4.99 Å². The van der Waals surface area contributed by atoms with Crippen molar-refractivity contribution in [2.24, 2.45) is 16.8 Å². The summed E-state index contributed by atoms with van der Waals surface area (Å²) in [6.45, 7) is -0.727. The van der Waals surface area contributed by atoms with Gasteiger partial charge in [0.05, 0.1) is 24.4 Å². The minimum absolute atomic E-state index is 0.127.